The molecule has 0 fully saturated rings. The van der Waals surface area contributed by atoms with Crippen LogP contribution in [0.15, 0.2) is 18.2 Å². The predicted molar refractivity (Wildman–Crippen MR) is 79.2 cm³/mol. The number of carbonyl (C=O) groups is 1. The standard InChI is InChI=1S/C16H24N2O/c1-2-3-4-10-15(19)18-12-14-8-5-7-13-9-6-11-17-16(13)14/h5,7-8,17H,2-4,6,9-12H2,1H3,(H,18,19). The zero-order valence-corrected chi connectivity index (χ0v) is 11.8. The Kier molecular flexibility index (Phi) is 5.25. The maximum absolute atomic E-state index is 11.7. The molecule has 2 rings (SSSR count). The molecule has 3 heteroatoms. The summed E-state index contributed by atoms with van der Waals surface area (Å²) in [4.78, 5) is 11.7. The van der Waals surface area contributed by atoms with E-state index in [0.717, 1.165) is 32.2 Å². The molecule has 2 N–H and O–H groups in total. The summed E-state index contributed by atoms with van der Waals surface area (Å²) in [7, 11) is 0. The molecule has 104 valence electrons. The largest absolute Gasteiger partial charge is 0.385 e. The second-order valence-corrected chi connectivity index (χ2v) is 5.22. The van der Waals surface area contributed by atoms with Crippen LogP contribution >= 0.6 is 0 Å². The summed E-state index contributed by atoms with van der Waals surface area (Å²) >= 11 is 0. The first-order valence-corrected chi connectivity index (χ1v) is 7.42. The van der Waals surface area contributed by atoms with Crippen molar-refractivity contribution >= 4 is 11.6 Å². The summed E-state index contributed by atoms with van der Waals surface area (Å²) in [6.07, 6.45) is 6.27. The molecule has 1 amide bonds. The van der Waals surface area contributed by atoms with E-state index in [1.807, 2.05) is 0 Å². The first-order valence-electron chi connectivity index (χ1n) is 7.42. The molecule has 0 aliphatic carbocycles. The fourth-order valence-electron chi connectivity index (χ4n) is 2.55. The van der Waals surface area contributed by atoms with E-state index < -0.39 is 0 Å². The Bertz CT molecular complexity index is 429. The number of carbonyl (C=O) groups excluding carboxylic acids is 1. The van der Waals surface area contributed by atoms with Crippen molar-refractivity contribution in [1.82, 2.24) is 5.32 Å². The van der Waals surface area contributed by atoms with Gasteiger partial charge in [-0.1, -0.05) is 38.0 Å². The Labute approximate surface area is 115 Å². The Morgan fingerprint density at radius 1 is 1.37 bits per heavy atom. The number of anilines is 1. The average Bonchev–Trinajstić information content (AvgIpc) is 2.45. The van der Waals surface area contributed by atoms with Crippen molar-refractivity contribution < 1.29 is 4.79 Å². The van der Waals surface area contributed by atoms with Crippen LogP contribution in [0.3, 0.4) is 0 Å². The second kappa shape index (κ2) is 7.17. The average molecular weight is 260 g/mol. The molecular weight excluding hydrogens is 236 g/mol. The lowest BCUT2D eigenvalue weighted by molar-refractivity contribution is -0.121. The van der Waals surface area contributed by atoms with Crippen molar-refractivity contribution in [2.45, 2.75) is 52.0 Å². The van der Waals surface area contributed by atoms with Crippen LogP contribution < -0.4 is 10.6 Å². The number of hydrogen-bond acceptors (Lipinski definition) is 2. The van der Waals surface area contributed by atoms with Crippen LogP contribution in [-0.2, 0) is 17.8 Å². The number of nitrogens with one attached hydrogen (secondary N) is 2. The predicted octanol–water partition coefficient (Wildman–Crippen LogP) is 3.24. The Morgan fingerprint density at radius 3 is 3.11 bits per heavy atom. The van der Waals surface area contributed by atoms with Crippen molar-refractivity contribution in [3.63, 3.8) is 0 Å². The number of benzene rings is 1. The summed E-state index contributed by atoms with van der Waals surface area (Å²) < 4.78 is 0. The summed E-state index contributed by atoms with van der Waals surface area (Å²) in [5, 5.41) is 6.48. The highest BCUT2D eigenvalue weighted by atomic mass is 16.1. The highest BCUT2D eigenvalue weighted by Gasteiger charge is 2.12. The lowest BCUT2D eigenvalue weighted by Gasteiger charge is -2.21. The van der Waals surface area contributed by atoms with Gasteiger partial charge in [0, 0.05) is 25.2 Å². The third kappa shape index (κ3) is 3.98. The van der Waals surface area contributed by atoms with E-state index in [9.17, 15) is 4.79 Å². The van der Waals surface area contributed by atoms with Crippen molar-refractivity contribution in [2.24, 2.45) is 0 Å². The van der Waals surface area contributed by atoms with Gasteiger partial charge in [-0.15, -0.1) is 0 Å². The molecule has 3 nitrogen and oxygen atoms in total. The van der Waals surface area contributed by atoms with E-state index in [4.69, 9.17) is 0 Å². The van der Waals surface area contributed by atoms with Gasteiger partial charge in [-0.25, -0.2) is 0 Å². The molecule has 0 saturated carbocycles. The number of para-hydroxylation sites is 1. The molecule has 1 heterocycles. The highest BCUT2D eigenvalue weighted by Crippen LogP contribution is 2.25. The van der Waals surface area contributed by atoms with Gasteiger partial charge in [0.1, 0.15) is 0 Å². The molecule has 0 atom stereocenters. The number of rotatable bonds is 6. The number of hydrogen-bond donors (Lipinski definition) is 2. The van der Waals surface area contributed by atoms with Crippen LogP contribution in [0.4, 0.5) is 5.69 Å². The normalized spacial score (nSPS) is 13.5. The molecule has 0 bridgehead atoms. The van der Waals surface area contributed by atoms with Crippen molar-refractivity contribution in [1.29, 1.82) is 0 Å². The van der Waals surface area contributed by atoms with Gasteiger partial charge in [-0.3, -0.25) is 4.79 Å². The molecule has 0 spiro atoms. The molecule has 19 heavy (non-hydrogen) atoms. The summed E-state index contributed by atoms with van der Waals surface area (Å²) in [5.41, 5.74) is 3.83. The Morgan fingerprint density at radius 2 is 2.26 bits per heavy atom. The third-order valence-corrected chi connectivity index (χ3v) is 3.65. The zero-order valence-electron chi connectivity index (χ0n) is 11.8. The molecule has 0 saturated heterocycles. The molecule has 1 aromatic carbocycles. The first kappa shape index (κ1) is 13.9. The Balaban J connectivity index is 1.87. The fraction of sp³-hybridized carbons (Fsp3) is 0.562. The molecule has 1 aliphatic heterocycles. The minimum absolute atomic E-state index is 0.168. The van der Waals surface area contributed by atoms with Gasteiger partial charge in [0.25, 0.3) is 0 Å². The van der Waals surface area contributed by atoms with E-state index in [-0.39, 0.29) is 5.91 Å². The summed E-state index contributed by atoms with van der Waals surface area (Å²) in [5.74, 6) is 0.168. The molecule has 0 aromatic heterocycles. The van der Waals surface area contributed by atoms with E-state index in [2.05, 4.69) is 35.8 Å². The summed E-state index contributed by atoms with van der Waals surface area (Å²) in [6, 6.07) is 6.36. The molecule has 1 aliphatic rings. The smallest absolute Gasteiger partial charge is 0.220 e. The van der Waals surface area contributed by atoms with Gasteiger partial charge in [0.15, 0.2) is 0 Å². The van der Waals surface area contributed by atoms with Crippen LogP contribution in [0.5, 0.6) is 0 Å². The van der Waals surface area contributed by atoms with Crippen molar-refractivity contribution in [3.8, 4) is 0 Å². The second-order valence-electron chi connectivity index (χ2n) is 5.22. The minimum atomic E-state index is 0.168. The monoisotopic (exact) mass is 260 g/mol. The fourth-order valence-corrected chi connectivity index (χ4v) is 2.55. The lowest BCUT2D eigenvalue weighted by Crippen LogP contribution is -2.24. The van der Waals surface area contributed by atoms with Gasteiger partial charge in [-0.2, -0.15) is 0 Å². The van der Waals surface area contributed by atoms with Crippen molar-refractivity contribution in [2.75, 3.05) is 11.9 Å². The van der Waals surface area contributed by atoms with Gasteiger partial charge in [-0.05, 0) is 30.4 Å². The third-order valence-electron chi connectivity index (χ3n) is 3.65. The maximum atomic E-state index is 11.7. The molecule has 0 unspecified atom stereocenters. The molecule has 1 aromatic rings. The number of amides is 1. The van der Waals surface area contributed by atoms with Crippen LogP contribution in [0.2, 0.25) is 0 Å². The SMILES string of the molecule is CCCCCC(=O)NCc1cccc2c1NCCC2. The van der Waals surface area contributed by atoms with Gasteiger partial charge in [0.05, 0.1) is 0 Å². The number of unbranched alkanes of at least 4 members (excludes halogenated alkanes) is 2. The van der Waals surface area contributed by atoms with Gasteiger partial charge in [0.2, 0.25) is 5.91 Å². The molecular formula is C16H24N2O. The van der Waals surface area contributed by atoms with Gasteiger partial charge >= 0.3 is 0 Å². The summed E-state index contributed by atoms with van der Waals surface area (Å²) in [6.45, 7) is 3.83. The van der Waals surface area contributed by atoms with Crippen LogP contribution in [-0.4, -0.2) is 12.5 Å². The number of aryl methyl sites for hydroxylation is 1. The maximum Gasteiger partial charge on any atom is 0.220 e. The quantitative estimate of drug-likeness (QED) is 0.771. The van der Waals surface area contributed by atoms with Crippen molar-refractivity contribution in [3.05, 3.63) is 29.3 Å². The molecule has 0 radical (unpaired) electrons. The van der Waals surface area contributed by atoms with Gasteiger partial charge < -0.3 is 10.6 Å². The highest BCUT2D eigenvalue weighted by molar-refractivity contribution is 5.76. The van der Waals surface area contributed by atoms with E-state index in [1.54, 1.807) is 0 Å². The zero-order chi connectivity index (χ0) is 13.5. The Hall–Kier alpha value is -1.51. The van der Waals surface area contributed by atoms with Crippen LogP contribution in [0, 0.1) is 0 Å². The van der Waals surface area contributed by atoms with E-state index in [0.29, 0.717) is 13.0 Å². The minimum Gasteiger partial charge on any atom is -0.385 e. The van der Waals surface area contributed by atoms with Crippen LogP contribution in [0.25, 0.3) is 0 Å². The topological polar surface area (TPSA) is 41.1 Å². The van der Waals surface area contributed by atoms with E-state index in [1.165, 1.54) is 23.2 Å². The number of fused-ring (bicyclic) bond motifs is 1. The first-order chi connectivity index (χ1) is 9.31. The van der Waals surface area contributed by atoms with Crippen LogP contribution in [0.1, 0.15) is 50.2 Å². The van der Waals surface area contributed by atoms with E-state index >= 15 is 0 Å². The lowest BCUT2D eigenvalue weighted by atomic mass is 9.99.